The highest BCUT2D eigenvalue weighted by atomic mass is 32.2. The van der Waals surface area contributed by atoms with Crippen molar-refractivity contribution in [3.63, 3.8) is 0 Å². The van der Waals surface area contributed by atoms with E-state index in [9.17, 15) is 17.2 Å². The van der Waals surface area contributed by atoms with E-state index in [0.29, 0.717) is 11.5 Å². The molecule has 0 bridgehead atoms. The number of anilines is 1. The van der Waals surface area contributed by atoms with Gasteiger partial charge in [0.05, 0.1) is 19.9 Å². The van der Waals surface area contributed by atoms with Gasteiger partial charge in [-0.3, -0.25) is 4.72 Å². The lowest BCUT2D eigenvalue weighted by molar-refractivity contribution is 0.395. The number of hydrogen-bond acceptors (Lipinski definition) is 4. The van der Waals surface area contributed by atoms with E-state index in [0.717, 1.165) is 18.2 Å². The summed E-state index contributed by atoms with van der Waals surface area (Å²) in [6.07, 6.45) is 0. The SMILES string of the molecule is COc1cc(NS(=O)(=O)c2c(F)cccc2F)cc(OC)c1. The van der Waals surface area contributed by atoms with E-state index in [-0.39, 0.29) is 5.69 Å². The molecule has 0 aliphatic heterocycles. The van der Waals surface area contributed by atoms with Gasteiger partial charge in [0.2, 0.25) is 0 Å². The van der Waals surface area contributed by atoms with Gasteiger partial charge >= 0.3 is 0 Å². The van der Waals surface area contributed by atoms with Crippen molar-refractivity contribution in [2.24, 2.45) is 0 Å². The molecular formula is C14H13F2NO4S. The molecule has 8 heteroatoms. The quantitative estimate of drug-likeness (QED) is 0.916. The zero-order chi connectivity index (χ0) is 16.3. The molecule has 1 N–H and O–H groups in total. The van der Waals surface area contributed by atoms with Crippen LogP contribution < -0.4 is 14.2 Å². The largest absolute Gasteiger partial charge is 0.497 e. The van der Waals surface area contributed by atoms with Crippen LogP contribution in [0.15, 0.2) is 41.3 Å². The minimum absolute atomic E-state index is 0.0545. The predicted octanol–water partition coefficient (Wildman–Crippen LogP) is 2.78. The van der Waals surface area contributed by atoms with Crippen molar-refractivity contribution in [1.29, 1.82) is 0 Å². The predicted molar refractivity (Wildman–Crippen MR) is 76.7 cm³/mol. The number of nitrogens with one attached hydrogen (secondary N) is 1. The summed E-state index contributed by atoms with van der Waals surface area (Å²) in [5, 5.41) is 0. The lowest BCUT2D eigenvalue weighted by atomic mass is 10.3. The zero-order valence-electron chi connectivity index (χ0n) is 11.8. The number of benzene rings is 2. The molecule has 0 aliphatic rings. The summed E-state index contributed by atoms with van der Waals surface area (Å²) in [4.78, 5) is -1.04. The Morgan fingerprint density at radius 2 is 1.45 bits per heavy atom. The first-order chi connectivity index (χ1) is 10.4. The van der Waals surface area contributed by atoms with E-state index in [1.807, 2.05) is 0 Å². The van der Waals surface area contributed by atoms with Crippen LogP contribution in [0.2, 0.25) is 0 Å². The van der Waals surface area contributed by atoms with Crippen molar-refractivity contribution in [2.75, 3.05) is 18.9 Å². The number of rotatable bonds is 5. The first kappa shape index (κ1) is 16.0. The van der Waals surface area contributed by atoms with Crippen molar-refractivity contribution in [2.45, 2.75) is 4.90 Å². The molecule has 0 spiro atoms. The maximum Gasteiger partial charge on any atom is 0.267 e. The van der Waals surface area contributed by atoms with Crippen LogP contribution >= 0.6 is 0 Å². The van der Waals surface area contributed by atoms with Gasteiger partial charge in [-0.1, -0.05) is 6.07 Å². The Morgan fingerprint density at radius 1 is 0.955 bits per heavy atom. The summed E-state index contributed by atoms with van der Waals surface area (Å²) in [5.74, 6) is -1.71. The third-order valence-electron chi connectivity index (χ3n) is 2.79. The van der Waals surface area contributed by atoms with Gasteiger partial charge in [-0.15, -0.1) is 0 Å². The zero-order valence-corrected chi connectivity index (χ0v) is 12.6. The molecule has 0 aliphatic carbocycles. The molecule has 2 aromatic carbocycles. The van der Waals surface area contributed by atoms with Crippen molar-refractivity contribution >= 4 is 15.7 Å². The van der Waals surface area contributed by atoms with Crippen LogP contribution in [0.3, 0.4) is 0 Å². The van der Waals surface area contributed by atoms with Gasteiger partial charge < -0.3 is 9.47 Å². The van der Waals surface area contributed by atoms with Gasteiger partial charge in [0.1, 0.15) is 23.1 Å². The molecular weight excluding hydrogens is 316 g/mol. The summed E-state index contributed by atoms with van der Waals surface area (Å²) in [5.41, 5.74) is 0.0545. The highest BCUT2D eigenvalue weighted by Gasteiger charge is 2.24. The summed E-state index contributed by atoms with van der Waals surface area (Å²) in [6, 6.07) is 7.06. The normalized spacial score (nSPS) is 11.1. The van der Waals surface area contributed by atoms with Gasteiger partial charge in [0, 0.05) is 18.2 Å². The first-order valence-corrected chi connectivity index (χ1v) is 7.55. The Bertz CT molecular complexity index is 751. The standard InChI is InChI=1S/C14H13F2NO4S/c1-20-10-6-9(7-11(8-10)21-2)17-22(18,19)14-12(15)4-3-5-13(14)16/h3-8,17H,1-2H3. The van der Waals surface area contributed by atoms with Crippen LogP contribution in [0.25, 0.3) is 0 Å². The van der Waals surface area contributed by atoms with Crippen LogP contribution in [-0.4, -0.2) is 22.6 Å². The van der Waals surface area contributed by atoms with E-state index in [2.05, 4.69) is 4.72 Å². The second kappa shape index (κ2) is 6.18. The van der Waals surface area contributed by atoms with Gasteiger partial charge in [-0.2, -0.15) is 0 Å². The molecule has 0 unspecified atom stereocenters. The lowest BCUT2D eigenvalue weighted by Gasteiger charge is -2.12. The maximum absolute atomic E-state index is 13.6. The molecule has 0 saturated carbocycles. The molecule has 0 radical (unpaired) electrons. The molecule has 0 heterocycles. The Labute approximate surface area is 126 Å². The molecule has 0 saturated heterocycles. The Balaban J connectivity index is 2.45. The number of sulfonamides is 1. The summed E-state index contributed by atoms with van der Waals surface area (Å²) < 4.78 is 63.7. The summed E-state index contributed by atoms with van der Waals surface area (Å²) in [7, 11) is -1.65. The van der Waals surface area contributed by atoms with E-state index in [1.54, 1.807) is 0 Å². The Morgan fingerprint density at radius 3 is 1.91 bits per heavy atom. The van der Waals surface area contributed by atoms with Gasteiger partial charge in [0.15, 0.2) is 4.90 Å². The monoisotopic (exact) mass is 329 g/mol. The average molecular weight is 329 g/mol. The highest BCUT2D eigenvalue weighted by molar-refractivity contribution is 7.92. The van der Waals surface area contributed by atoms with Gasteiger partial charge in [-0.25, -0.2) is 17.2 Å². The molecule has 2 aromatic rings. The van der Waals surface area contributed by atoms with Crippen molar-refractivity contribution in [3.05, 3.63) is 48.0 Å². The minimum Gasteiger partial charge on any atom is -0.497 e. The molecule has 0 aromatic heterocycles. The van der Waals surface area contributed by atoms with E-state index in [4.69, 9.17) is 9.47 Å². The van der Waals surface area contributed by atoms with Gasteiger partial charge in [0.25, 0.3) is 10.0 Å². The highest BCUT2D eigenvalue weighted by Crippen LogP contribution is 2.28. The molecule has 0 amide bonds. The minimum atomic E-state index is -4.44. The maximum atomic E-state index is 13.6. The Hall–Kier alpha value is -2.35. The topological polar surface area (TPSA) is 64.6 Å². The van der Waals surface area contributed by atoms with Crippen molar-refractivity contribution in [1.82, 2.24) is 0 Å². The fourth-order valence-electron chi connectivity index (χ4n) is 1.81. The van der Waals surface area contributed by atoms with E-state index >= 15 is 0 Å². The fourth-order valence-corrected chi connectivity index (χ4v) is 2.99. The van der Waals surface area contributed by atoms with Crippen LogP contribution in [0.4, 0.5) is 14.5 Å². The van der Waals surface area contributed by atoms with Crippen LogP contribution in [0.1, 0.15) is 0 Å². The molecule has 22 heavy (non-hydrogen) atoms. The average Bonchev–Trinajstić information content (AvgIpc) is 2.45. The second-order valence-electron chi connectivity index (χ2n) is 4.26. The third kappa shape index (κ3) is 3.28. The number of ether oxygens (including phenoxy) is 2. The van der Waals surface area contributed by atoms with Crippen molar-refractivity contribution in [3.8, 4) is 11.5 Å². The number of hydrogen-bond donors (Lipinski definition) is 1. The molecule has 0 fully saturated rings. The van der Waals surface area contributed by atoms with Crippen LogP contribution in [0, 0.1) is 11.6 Å². The number of methoxy groups -OCH3 is 2. The van der Waals surface area contributed by atoms with E-state index < -0.39 is 26.6 Å². The molecule has 5 nitrogen and oxygen atoms in total. The smallest absolute Gasteiger partial charge is 0.267 e. The number of halogens is 2. The van der Waals surface area contributed by atoms with Crippen molar-refractivity contribution < 1.29 is 26.7 Å². The fraction of sp³-hybridized carbons (Fsp3) is 0.143. The van der Waals surface area contributed by atoms with Crippen LogP contribution in [0.5, 0.6) is 11.5 Å². The molecule has 118 valence electrons. The lowest BCUT2D eigenvalue weighted by Crippen LogP contribution is -2.16. The second-order valence-corrected chi connectivity index (χ2v) is 5.88. The first-order valence-electron chi connectivity index (χ1n) is 6.07. The summed E-state index contributed by atoms with van der Waals surface area (Å²) >= 11 is 0. The van der Waals surface area contributed by atoms with E-state index in [1.165, 1.54) is 32.4 Å². The molecule has 0 atom stereocenters. The van der Waals surface area contributed by atoms with Gasteiger partial charge in [-0.05, 0) is 12.1 Å². The molecule has 2 rings (SSSR count). The summed E-state index contributed by atoms with van der Waals surface area (Å²) in [6.45, 7) is 0. The Kier molecular flexibility index (Phi) is 4.51. The third-order valence-corrected chi connectivity index (χ3v) is 4.22. The van der Waals surface area contributed by atoms with Crippen LogP contribution in [-0.2, 0) is 10.0 Å².